The molecule has 0 saturated heterocycles. The third-order valence-corrected chi connectivity index (χ3v) is 2.10. The zero-order valence-electron chi connectivity index (χ0n) is 7.60. The van der Waals surface area contributed by atoms with Gasteiger partial charge in [0.05, 0.1) is 17.3 Å². The molecule has 1 aromatic carbocycles. The Labute approximate surface area is 92.4 Å². The maximum absolute atomic E-state index is 11.2. The van der Waals surface area contributed by atoms with Crippen LogP contribution in [-0.4, -0.2) is 19.5 Å². The van der Waals surface area contributed by atoms with E-state index in [1.54, 1.807) is 25.2 Å². The van der Waals surface area contributed by atoms with Gasteiger partial charge in [-0.25, -0.2) is 0 Å². The van der Waals surface area contributed by atoms with E-state index in [2.05, 4.69) is 10.6 Å². The molecule has 0 aliphatic carbocycles. The first-order valence-electron chi connectivity index (χ1n) is 4.03. The number of anilines is 1. The molecule has 0 unspecified atom stereocenters. The van der Waals surface area contributed by atoms with Crippen LogP contribution < -0.4 is 10.6 Å². The van der Waals surface area contributed by atoms with E-state index in [0.29, 0.717) is 15.7 Å². The predicted molar refractivity (Wildman–Crippen MR) is 59.0 cm³/mol. The monoisotopic (exact) mass is 232 g/mol. The minimum absolute atomic E-state index is 0.156. The molecular weight excluding hydrogens is 223 g/mol. The number of likely N-dealkylation sites (N-methyl/N-ethyl adjacent to an activating group) is 1. The van der Waals surface area contributed by atoms with Crippen LogP contribution >= 0.6 is 23.2 Å². The quantitative estimate of drug-likeness (QED) is 0.839. The van der Waals surface area contributed by atoms with Crippen molar-refractivity contribution in [3.63, 3.8) is 0 Å². The normalized spacial score (nSPS) is 9.93. The minimum atomic E-state index is -0.156. The summed E-state index contributed by atoms with van der Waals surface area (Å²) in [5.74, 6) is -0.156. The molecule has 0 aromatic heterocycles. The number of nitrogens with one attached hydrogen (secondary N) is 2. The molecule has 1 rings (SSSR count). The largest absolute Gasteiger partial charge is 0.324 e. The Morgan fingerprint density at radius 3 is 2.79 bits per heavy atom. The Balaban J connectivity index is 2.75. The Bertz CT molecular complexity index is 342. The van der Waals surface area contributed by atoms with Crippen LogP contribution in [0.25, 0.3) is 0 Å². The SMILES string of the molecule is CNCC(=O)Nc1cc(Cl)ccc1Cl. The van der Waals surface area contributed by atoms with E-state index < -0.39 is 0 Å². The minimum Gasteiger partial charge on any atom is -0.324 e. The first kappa shape index (κ1) is 11.3. The summed E-state index contributed by atoms with van der Waals surface area (Å²) < 4.78 is 0. The van der Waals surface area contributed by atoms with Crippen molar-refractivity contribution in [3.8, 4) is 0 Å². The first-order valence-corrected chi connectivity index (χ1v) is 4.78. The number of hydrogen-bond acceptors (Lipinski definition) is 2. The van der Waals surface area contributed by atoms with Crippen LogP contribution in [0, 0.1) is 0 Å². The number of benzene rings is 1. The summed E-state index contributed by atoms with van der Waals surface area (Å²) in [7, 11) is 1.69. The Morgan fingerprint density at radius 1 is 1.43 bits per heavy atom. The standard InChI is InChI=1S/C9H10Cl2N2O/c1-12-5-9(14)13-8-4-6(10)2-3-7(8)11/h2-4,12H,5H2,1H3,(H,13,14). The van der Waals surface area contributed by atoms with Gasteiger partial charge in [-0.15, -0.1) is 0 Å². The van der Waals surface area contributed by atoms with Gasteiger partial charge in [0.15, 0.2) is 0 Å². The maximum Gasteiger partial charge on any atom is 0.238 e. The van der Waals surface area contributed by atoms with E-state index in [0.717, 1.165) is 0 Å². The molecule has 0 saturated carbocycles. The van der Waals surface area contributed by atoms with E-state index in [1.165, 1.54) is 0 Å². The van der Waals surface area contributed by atoms with Crippen LogP contribution in [-0.2, 0) is 4.79 Å². The third kappa shape index (κ3) is 3.18. The molecule has 3 nitrogen and oxygen atoms in total. The summed E-state index contributed by atoms with van der Waals surface area (Å²) in [5.41, 5.74) is 0.527. The van der Waals surface area contributed by atoms with Gasteiger partial charge < -0.3 is 10.6 Å². The number of carbonyl (C=O) groups excluding carboxylic acids is 1. The van der Waals surface area contributed by atoms with Gasteiger partial charge >= 0.3 is 0 Å². The second-order valence-corrected chi connectivity index (χ2v) is 3.55. The van der Waals surface area contributed by atoms with E-state index in [9.17, 15) is 4.79 Å². The predicted octanol–water partition coefficient (Wildman–Crippen LogP) is 2.15. The molecule has 0 spiro atoms. The molecule has 0 aliphatic heterocycles. The summed E-state index contributed by atoms with van der Waals surface area (Å²) in [4.78, 5) is 11.2. The fourth-order valence-electron chi connectivity index (χ4n) is 0.948. The number of carbonyl (C=O) groups is 1. The highest BCUT2D eigenvalue weighted by Gasteiger charge is 2.04. The summed E-state index contributed by atoms with van der Waals surface area (Å²) in [6.45, 7) is 0.239. The van der Waals surface area contributed by atoms with Crippen LogP contribution in [0.2, 0.25) is 10.0 Å². The van der Waals surface area contributed by atoms with Crippen LogP contribution in [0.5, 0.6) is 0 Å². The molecule has 14 heavy (non-hydrogen) atoms. The van der Waals surface area contributed by atoms with Crippen molar-refractivity contribution in [3.05, 3.63) is 28.2 Å². The molecule has 5 heteroatoms. The lowest BCUT2D eigenvalue weighted by molar-refractivity contribution is -0.115. The lowest BCUT2D eigenvalue weighted by Gasteiger charge is -2.06. The first-order chi connectivity index (χ1) is 6.63. The van der Waals surface area contributed by atoms with E-state index in [4.69, 9.17) is 23.2 Å². The second-order valence-electron chi connectivity index (χ2n) is 2.70. The van der Waals surface area contributed by atoms with Crippen LogP contribution in [0.15, 0.2) is 18.2 Å². The van der Waals surface area contributed by atoms with Crippen LogP contribution in [0.1, 0.15) is 0 Å². The lowest BCUT2D eigenvalue weighted by Crippen LogP contribution is -2.25. The number of halogens is 2. The second kappa shape index (κ2) is 5.20. The van der Waals surface area contributed by atoms with Gasteiger partial charge in [0.1, 0.15) is 0 Å². The fraction of sp³-hybridized carbons (Fsp3) is 0.222. The van der Waals surface area contributed by atoms with Gasteiger partial charge in [0.25, 0.3) is 0 Å². The average molecular weight is 233 g/mol. The summed E-state index contributed by atoms with van der Waals surface area (Å²) >= 11 is 11.6. The molecular formula is C9H10Cl2N2O. The van der Waals surface area contributed by atoms with Gasteiger partial charge in [0.2, 0.25) is 5.91 Å². The summed E-state index contributed by atoms with van der Waals surface area (Å²) in [6.07, 6.45) is 0. The summed E-state index contributed by atoms with van der Waals surface area (Å²) in [6, 6.07) is 4.91. The molecule has 0 atom stereocenters. The van der Waals surface area contributed by atoms with Crippen molar-refractivity contribution in [2.24, 2.45) is 0 Å². The van der Waals surface area contributed by atoms with E-state index in [1.807, 2.05) is 0 Å². The third-order valence-electron chi connectivity index (χ3n) is 1.54. The highest BCUT2D eigenvalue weighted by Crippen LogP contribution is 2.25. The van der Waals surface area contributed by atoms with Crippen LogP contribution in [0.4, 0.5) is 5.69 Å². The smallest absolute Gasteiger partial charge is 0.238 e. The van der Waals surface area contributed by atoms with Crippen molar-refractivity contribution in [2.45, 2.75) is 0 Å². The Hall–Kier alpha value is -0.770. The molecule has 0 heterocycles. The van der Waals surface area contributed by atoms with Crippen molar-refractivity contribution in [2.75, 3.05) is 18.9 Å². The van der Waals surface area contributed by atoms with Crippen molar-refractivity contribution in [1.82, 2.24) is 5.32 Å². The van der Waals surface area contributed by atoms with Gasteiger partial charge in [-0.05, 0) is 25.2 Å². The van der Waals surface area contributed by atoms with Gasteiger partial charge in [0, 0.05) is 5.02 Å². The van der Waals surface area contributed by atoms with Gasteiger partial charge in [-0.3, -0.25) is 4.79 Å². The number of amides is 1. The Morgan fingerprint density at radius 2 is 2.14 bits per heavy atom. The average Bonchev–Trinajstić information content (AvgIpc) is 2.12. The highest BCUT2D eigenvalue weighted by molar-refractivity contribution is 6.35. The zero-order valence-corrected chi connectivity index (χ0v) is 9.12. The van der Waals surface area contributed by atoms with Crippen molar-refractivity contribution in [1.29, 1.82) is 0 Å². The molecule has 1 aromatic rings. The van der Waals surface area contributed by atoms with Crippen molar-refractivity contribution < 1.29 is 4.79 Å². The molecule has 76 valence electrons. The van der Waals surface area contributed by atoms with Gasteiger partial charge in [-0.1, -0.05) is 23.2 Å². The van der Waals surface area contributed by atoms with E-state index >= 15 is 0 Å². The molecule has 1 amide bonds. The van der Waals surface area contributed by atoms with Gasteiger partial charge in [-0.2, -0.15) is 0 Å². The highest BCUT2D eigenvalue weighted by atomic mass is 35.5. The topological polar surface area (TPSA) is 41.1 Å². The van der Waals surface area contributed by atoms with Crippen molar-refractivity contribution >= 4 is 34.8 Å². The fourth-order valence-corrected chi connectivity index (χ4v) is 1.29. The zero-order chi connectivity index (χ0) is 10.6. The maximum atomic E-state index is 11.2. The lowest BCUT2D eigenvalue weighted by atomic mass is 10.3. The molecule has 0 bridgehead atoms. The van der Waals surface area contributed by atoms with E-state index in [-0.39, 0.29) is 12.5 Å². The Kier molecular flexibility index (Phi) is 4.20. The summed E-state index contributed by atoms with van der Waals surface area (Å²) in [5, 5.41) is 6.38. The number of hydrogen-bond donors (Lipinski definition) is 2. The molecule has 2 N–H and O–H groups in total. The van der Waals surface area contributed by atoms with Crippen LogP contribution in [0.3, 0.4) is 0 Å². The molecule has 0 radical (unpaired) electrons. The number of rotatable bonds is 3. The molecule has 0 aliphatic rings. The molecule has 0 fully saturated rings.